The first-order valence-corrected chi connectivity index (χ1v) is 9.75. The Hall–Kier alpha value is -0.740. The minimum atomic E-state index is -3.66. The lowest BCUT2D eigenvalue weighted by molar-refractivity contribution is 0.551. The van der Waals surface area contributed by atoms with Crippen molar-refractivity contribution in [2.45, 2.75) is 35.3 Å². The van der Waals surface area contributed by atoms with Gasteiger partial charge in [0.05, 0.1) is 16.7 Å². The molecule has 1 aromatic rings. The third kappa shape index (κ3) is 3.72. The van der Waals surface area contributed by atoms with Crippen LogP contribution >= 0.6 is 23.4 Å². The molecule has 0 spiro atoms. The van der Waals surface area contributed by atoms with E-state index >= 15 is 0 Å². The van der Waals surface area contributed by atoms with Crippen LogP contribution in [0.2, 0.25) is 5.02 Å². The first-order chi connectivity index (χ1) is 9.92. The standard InChI is InChI=1S/C14H17ClN2O2S2/c1-20-14(6-2-3-7-14)10-17-21(18,19)13-5-4-11(9-16)8-12(13)15/h4-5,8,17H,2-3,6-7,10H2,1H3. The molecule has 1 aliphatic carbocycles. The lowest BCUT2D eigenvalue weighted by atomic mass is 10.1. The lowest BCUT2D eigenvalue weighted by Gasteiger charge is -2.26. The first kappa shape index (κ1) is 16.6. The number of rotatable bonds is 5. The molecular weight excluding hydrogens is 328 g/mol. The summed E-state index contributed by atoms with van der Waals surface area (Å²) in [4.78, 5) is 0.0254. The van der Waals surface area contributed by atoms with Crippen LogP contribution in [-0.2, 0) is 10.0 Å². The number of hydrogen-bond acceptors (Lipinski definition) is 4. The number of hydrogen-bond donors (Lipinski definition) is 1. The van der Waals surface area contributed by atoms with Crippen molar-refractivity contribution in [3.63, 3.8) is 0 Å². The van der Waals surface area contributed by atoms with Crippen LogP contribution in [0.4, 0.5) is 0 Å². The normalized spacial score (nSPS) is 17.6. The maximum Gasteiger partial charge on any atom is 0.242 e. The predicted molar refractivity (Wildman–Crippen MR) is 86.1 cm³/mol. The van der Waals surface area contributed by atoms with E-state index in [9.17, 15) is 8.42 Å². The van der Waals surface area contributed by atoms with Crippen molar-refractivity contribution in [3.05, 3.63) is 28.8 Å². The fraction of sp³-hybridized carbons (Fsp3) is 0.500. The van der Waals surface area contributed by atoms with Crippen molar-refractivity contribution in [1.29, 1.82) is 5.26 Å². The van der Waals surface area contributed by atoms with Crippen molar-refractivity contribution in [2.75, 3.05) is 12.8 Å². The average Bonchev–Trinajstić information content (AvgIpc) is 2.94. The molecule has 0 bridgehead atoms. The van der Waals surface area contributed by atoms with E-state index in [1.165, 1.54) is 18.2 Å². The number of thioether (sulfide) groups is 1. The number of sulfonamides is 1. The van der Waals surface area contributed by atoms with Crippen LogP contribution in [-0.4, -0.2) is 26.0 Å². The SMILES string of the molecule is CSC1(CNS(=O)(=O)c2ccc(C#N)cc2Cl)CCCC1. The second-order valence-corrected chi connectivity index (χ2v) is 8.59. The van der Waals surface area contributed by atoms with Gasteiger partial charge in [-0.05, 0) is 37.3 Å². The molecule has 4 nitrogen and oxygen atoms in total. The largest absolute Gasteiger partial charge is 0.242 e. The summed E-state index contributed by atoms with van der Waals surface area (Å²) < 4.78 is 27.4. The molecule has 7 heteroatoms. The molecule has 21 heavy (non-hydrogen) atoms. The third-order valence-corrected chi connectivity index (χ3v) is 7.19. The van der Waals surface area contributed by atoms with Crippen LogP contribution in [0, 0.1) is 11.3 Å². The van der Waals surface area contributed by atoms with Crippen LogP contribution in [0.25, 0.3) is 0 Å². The van der Waals surface area contributed by atoms with Crippen LogP contribution in [0.3, 0.4) is 0 Å². The van der Waals surface area contributed by atoms with Gasteiger partial charge in [0.25, 0.3) is 0 Å². The van der Waals surface area contributed by atoms with E-state index in [2.05, 4.69) is 4.72 Å². The van der Waals surface area contributed by atoms with Crippen molar-refractivity contribution in [2.24, 2.45) is 0 Å². The van der Waals surface area contributed by atoms with Gasteiger partial charge in [0, 0.05) is 11.3 Å². The second-order valence-electron chi connectivity index (χ2n) is 5.18. The summed E-state index contributed by atoms with van der Waals surface area (Å²) in [6, 6.07) is 6.14. The summed E-state index contributed by atoms with van der Waals surface area (Å²) in [6.07, 6.45) is 6.35. The van der Waals surface area contributed by atoms with Crippen LogP contribution < -0.4 is 4.72 Å². The van der Waals surface area contributed by atoms with Crippen LogP contribution in [0.1, 0.15) is 31.2 Å². The van der Waals surface area contributed by atoms with Crippen molar-refractivity contribution in [3.8, 4) is 6.07 Å². The molecule has 0 aliphatic heterocycles. The van der Waals surface area contributed by atoms with E-state index < -0.39 is 10.0 Å². The summed E-state index contributed by atoms with van der Waals surface area (Å²) in [5.41, 5.74) is 0.343. The van der Waals surface area contributed by atoms with Gasteiger partial charge < -0.3 is 0 Å². The molecule has 0 heterocycles. The molecule has 0 atom stereocenters. The molecule has 0 amide bonds. The lowest BCUT2D eigenvalue weighted by Crippen LogP contribution is -2.38. The third-order valence-electron chi connectivity index (χ3n) is 3.88. The Balaban J connectivity index is 2.17. The fourth-order valence-corrected chi connectivity index (χ4v) is 5.24. The average molecular weight is 345 g/mol. The van der Waals surface area contributed by atoms with Gasteiger partial charge in [0.1, 0.15) is 4.90 Å². The van der Waals surface area contributed by atoms with Gasteiger partial charge in [-0.2, -0.15) is 17.0 Å². The fourth-order valence-electron chi connectivity index (χ4n) is 2.57. The van der Waals surface area contributed by atoms with Crippen molar-refractivity contribution < 1.29 is 8.42 Å². The van der Waals surface area contributed by atoms with Gasteiger partial charge >= 0.3 is 0 Å². The molecule has 0 saturated heterocycles. The van der Waals surface area contributed by atoms with Crippen LogP contribution in [0.15, 0.2) is 23.1 Å². The highest BCUT2D eigenvalue weighted by Crippen LogP contribution is 2.39. The number of nitriles is 1. The predicted octanol–water partition coefficient (Wildman–Crippen LogP) is 3.17. The molecule has 1 fully saturated rings. The molecule has 1 N–H and O–H groups in total. The Kier molecular flexibility index (Phi) is 5.20. The van der Waals surface area contributed by atoms with E-state index in [0.29, 0.717) is 12.1 Å². The molecule has 2 rings (SSSR count). The smallest absolute Gasteiger partial charge is 0.210 e. The van der Waals surface area contributed by atoms with E-state index in [-0.39, 0.29) is 14.7 Å². The highest BCUT2D eigenvalue weighted by molar-refractivity contribution is 8.00. The molecule has 0 aromatic heterocycles. The molecule has 1 aromatic carbocycles. The maximum atomic E-state index is 12.4. The number of halogens is 1. The number of benzene rings is 1. The summed E-state index contributed by atoms with van der Waals surface area (Å²) in [5.74, 6) is 0. The molecule has 1 saturated carbocycles. The van der Waals surface area contributed by atoms with E-state index in [1.54, 1.807) is 11.8 Å². The highest BCUT2D eigenvalue weighted by atomic mass is 35.5. The van der Waals surface area contributed by atoms with Gasteiger partial charge in [-0.15, -0.1) is 0 Å². The summed E-state index contributed by atoms with van der Waals surface area (Å²) in [5, 5.41) is 8.87. The zero-order valence-electron chi connectivity index (χ0n) is 11.7. The Labute approximate surface area is 134 Å². The van der Waals surface area contributed by atoms with E-state index in [0.717, 1.165) is 25.7 Å². The van der Waals surface area contributed by atoms with Gasteiger partial charge in [-0.25, -0.2) is 13.1 Å². The monoisotopic (exact) mass is 344 g/mol. The Morgan fingerprint density at radius 1 is 1.43 bits per heavy atom. The molecule has 0 radical (unpaired) electrons. The van der Waals surface area contributed by atoms with E-state index in [4.69, 9.17) is 16.9 Å². The topological polar surface area (TPSA) is 70.0 Å². The minimum Gasteiger partial charge on any atom is -0.210 e. The number of nitrogens with one attached hydrogen (secondary N) is 1. The van der Waals surface area contributed by atoms with E-state index in [1.807, 2.05) is 12.3 Å². The van der Waals surface area contributed by atoms with Gasteiger partial charge in [-0.3, -0.25) is 0 Å². The quantitative estimate of drug-likeness (QED) is 0.890. The molecular formula is C14H17ClN2O2S2. The Morgan fingerprint density at radius 2 is 2.10 bits per heavy atom. The van der Waals surface area contributed by atoms with Crippen molar-refractivity contribution >= 4 is 33.4 Å². The molecule has 1 aliphatic rings. The zero-order chi connectivity index (χ0) is 15.5. The summed E-state index contributed by atoms with van der Waals surface area (Å²) >= 11 is 7.70. The molecule has 114 valence electrons. The first-order valence-electron chi connectivity index (χ1n) is 6.67. The highest BCUT2D eigenvalue weighted by Gasteiger charge is 2.34. The van der Waals surface area contributed by atoms with Crippen LogP contribution in [0.5, 0.6) is 0 Å². The second kappa shape index (κ2) is 6.57. The summed E-state index contributed by atoms with van der Waals surface area (Å²) in [7, 11) is -3.66. The number of nitrogens with zero attached hydrogens (tertiary/aromatic N) is 1. The Bertz CT molecular complexity index is 662. The summed E-state index contributed by atoms with van der Waals surface area (Å²) in [6.45, 7) is 0.410. The van der Waals surface area contributed by atoms with Gasteiger partial charge in [0.15, 0.2) is 0 Å². The van der Waals surface area contributed by atoms with Gasteiger partial charge in [-0.1, -0.05) is 24.4 Å². The zero-order valence-corrected chi connectivity index (χ0v) is 14.1. The van der Waals surface area contributed by atoms with Gasteiger partial charge in [0.2, 0.25) is 10.0 Å². The minimum absolute atomic E-state index is 0.00780. The Morgan fingerprint density at radius 3 is 2.62 bits per heavy atom. The van der Waals surface area contributed by atoms with Crippen molar-refractivity contribution in [1.82, 2.24) is 4.72 Å². The maximum absolute atomic E-state index is 12.4. The molecule has 0 unspecified atom stereocenters.